The fourth-order valence-corrected chi connectivity index (χ4v) is 5.66. The molecule has 3 heterocycles. The highest BCUT2D eigenvalue weighted by Crippen LogP contribution is 2.34. The molecule has 0 aliphatic carbocycles. The van der Waals surface area contributed by atoms with Crippen LogP contribution in [0.15, 0.2) is 66.9 Å². The minimum absolute atomic E-state index is 0.251. The van der Waals surface area contributed by atoms with E-state index in [-0.39, 0.29) is 5.56 Å². The van der Waals surface area contributed by atoms with Gasteiger partial charge in [0.15, 0.2) is 0 Å². The van der Waals surface area contributed by atoms with Crippen molar-refractivity contribution in [1.29, 1.82) is 0 Å². The van der Waals surface area contributed by atoms with Gasteiger partial charge < -0.3 is 29.9 Å². The molecule has 0 bridgehead atoms. The lowest BCUT2D eigenvalue weighted by molar-refractivity contribution is 0.102. The molecule has 3 aromatic carbocycles. The van der Waals surface area contributed by atoms with Crippen LogP contribution in [-0.2, 0) is 4.74 Å². The van der Waals surface area contributed by atoms with Gasteiger partial charge in [0.2, 0.25) is 11.8 Å². The first kappa shape index (κ1) is 27.9. The summed E-state index contributed by atoms with van der Waals surface area (Å²) in [7, 11) is 2.17. The number of rotatable bonds is 9. The first-order valence-corrected chi connectivity index (χ1v) is 14.4. The molecule has 10 heteroatoms. The van der Waals surface area contributed by atoms with Crippen LogP contribution in [0, 0.1) is 5.82 Å². The van der Waals surface area contributed by atoms with E-state index in [0.717, 1.165) is 30.3 Å². The zero-order valence-corrected chi connectivity index (χ0v) is 23.7. The highest BCUT2D eigenvalue weighted by molar-refractivity contribution is 6.10. The number of aromatic nitrogens is 2. The van der Waals surface area contributed by atoms with E-state index in [1.807, 2.05) is 29.2 Å². The molecule has 2 aliphatic heterocycles. The highest BCUT2D eigenvalue weighted by Gasteiger charge is 2.20. The van der Waals surface area contributed by atoms with E-state index in [4.69, 9.17) is 9.47 Å². The summed E-state index contributed by atoms with van der Waals surface area (Å²) in [6.07, 6.45) is 5.18. The van der Waals surface area contributed by atoms with Crippen molar-refractivity contribution in [1.82, 2.24) is 14.9 Å². The van der Waals surface area contributed by atoms with E-state index in [0.29, 0.717) is 61.3 Å². The monoisotopic (exact) mass is 570 g/mol. The second kappa shape index (κ2) is 12.7. The molecule has 2 aliphatic rings. The van der Waals surface area contributed by atoms with Gasteiger partial charge in [-0.1, -0.05) is 24.3 Å². The van der Waals surface area contributed by atoms with Gasteiger partial charge in [-0.2, -0.15) is 4.98 Å². The number of hydrogen-bond acceptors (Lipinski definition) is 8. The summed E-state index contributed by atoms with van der Waals surface area (Å²) < 4.78 is 26.1. The highest BCUT2D eigenvalue weighted by atomic mass is 19.1. The standard InChI is InChI=1S/C32H35FN6O3/c1-38-14-4-5-24(38)10-12-34-32-35-13-11-30(37-32)42-29-9-8-28(26-6-2-3-7-27(26)29)36-31(40)22-19-23(33)21-25(20-22)39-15-17-41-18-16-39/h2-3,6-9,11,13,19-21,24H,4-5,10,12,14-18H2,1H3,(H,36,40)(H,34,35,37). The lowest BCUT2D eigenvalue weighted by Gasteiger charge is -2.29. The molecule has 1 aromatic heterocycles. The van der Waals surface area contributed by atoms with Crippen LogP contribution in [0.1, 0.15) is 29.6 Å². The predicted molar refractivity (Wildman–Crippen MR) is 162 cm³/mol. The predicted octanol–water partition coefficient (Wildman–Crippen LogP) is 5.55. The molecule has 0 radical (unpaired) electrons. The molecule has 1 unspecified atom stereocenters. The Morgan fingerprint density at radius 3 is 2.71 bits per heavy atom. The third-order valence-corrected chi connectivity index (χ3v) is 7.93. The van der Waals surface area contributed by atoms with Crippen LogP contribution in [0.3, 0.4) is 0 Å². The van der Waals surface area contributed by atoms with Gasteiger partial charge in [0, 0.05) is 65.6 Å². The van der Waals surface area contributed by atoms with Gasteiger partial charge in [-0.05, 0) is 63.2 Å². The normalized spacial score (nSPS) is 17.4. The molecule has 6 rings (SSSR count). The van der Waals surface area contributed by atoms with Gasteiger partial charge in [-0.15, -0.1) is 0 Å². The molecule has 1 amide bonds. The third-order valence-electron chi connectivity index (χ3n) is 7.93. The summed E-state index contributed by atoms with van der Waals surface area (Å²) in [6.45, 7) is 4.39. The molecule has 2 saturated heterocycles. The van der Waals surface area contributed by atoms with Crippen molar-refractivity contribution in [3.05, 3.63) is 78.2 Å². The van der Waals surface area contributed by atoms with E-state index in [1.54, 1.807) is 30.5 Å². The molecular formula is C32H35FN6O3. The maximum atomic E-state index is 14.5. The lowest BCUT2D eigenvalue weighted by atomic mass is 10.1. The maximum absolute atomic E-state index is 14.5. The summed E-state index contributed by atoms with van der Waals surface area (Å²) in [6, 6.07) is 18.0. The fourth-order valence-electron chi connectivity index (χ4n) is 5.66. The fraction of sp³-hybridized carbons (Fsp3) is 0.344. The van der Waals surface area contributed by atoms with E-state index in [1.165, 1.54) is 25.0 Å². The van der Waals surface area contributed by atoms with Crippen LogP contribution in [0.25, 0.3) is 10.8 Å². The molecule has 0 spiro atoms. The number of amides is 1. The van der Waals surface area contributed by atoms with Crippen molar-refractivity contribution in [2.24, 2.45) is 0 Å². The van der Waals surface area contributed by atoms with E-state index in [2.05, 4.69) is 32.5 Å². The minimum Gasteiger partial charge on any atom is -0.438 e. The van der Waals surface area contributed by atoms with Crippen molar-refractivity contribution in [3.63, 3.8) is 0 Å². The summed E-state index contributed by atoms with van der Waals surface area (Å²) in [5.74, 6) is 0.692. The van der Waals surface area contributed by atoms with Crippen molar-refractivity contribution in [2.45, 2.75) is 25.3 Å². The molecule has 1 atom stereocenters. The molecule has 2 N–H and O–H groups in total. The number of benzene rings is 3. The first-order chi connectivity index (χ1) is 20.5. The number of anilines is 3. The van der Waals surface area contributed by atoms with Crippen molar-refractivity contribution < 1.29 is 18.7 Å². The number of likely N-dealkylation sites (tertiary alicyclic amines) is 1. The zero-order valence-electron chi connectivity index (χ0n) is 23.7. The molecule has 4 aromatic rings. The number of morpholine rings is 1. The van der Waals surface area contributed by atoms with Crippen LogP contribution in [0.2, 0.25) is 0 Å². The molecule has 2 fully saturated rings. The number of carbonyl (C=O) groups excluding carboxylic acids is 1. The van der Waals surface area contributed by atoms with Crippen LogP contribution in [0.4, 0.5) is 21.7 Å². The third kappa shape index (κ3) is 6.45. The lowest BCUT2D eigenvalue weighted by Crippen LogP contribution is -2.36. The number of hydrogen-bond donors (Lipinski definition) is 2. The van der Waals surface area contributed by atoms with Gasteiger partial charge in [-0.25, -0.2) is 9.37 Å². The minimum atomic E-state index is -0.456. The molecule has 218 valence electrons. The molecule has 9 nitrogen and oxygen atoms in total. The Bertz CT molecular complexity index is 1560. The topological polar surface area (TPSA) is 91.9 Å². The second-order valence-electron chi connectivity index (χ2n) is 10.7. The Hall–Kier alpha value is -4.28. The number of carbonyl (C=O) groups is 1. The Labute approximate surface area is 244 Å². The van der Waals surface area contributed by atoms with Crippen molar-refractivity contribution in [3.8, 4) is 11.6 Å². The summed E-state index contributed by atoms with van der Waals surface area (Å²) in [4.78, 5) is 26.6. The molecule has 42 heavy (non-hydrogen) atoms. The number of fused-ring (bicyclic) bond motifs is 1. The molecular weight excluding hydrogens is 535 g/mol. The van der Waals surface area contributed by atoms with Crippen LogP contribution in [-0.4, -0.2) is 73.3 Å². The second-order valence-corrected chi connectivity index (χ2v) is 10.7. The number of nitrogens with one attached hydrogen (secondary N) is 2. The average Bonchev–Trinajstić information content (AvgIpc) is 3.43. The molecule has 0 saturated carbocycles. The van der Waals surface area contributed by atoms with Gasteiger partial charge in [0.05, 0.1) is 13.2 Å². The van der Waals surface area contributed by atoms with Gasteiger partial charge in [0.25, 0.3) is 5.91 Å². The quantitative estimate of drug-likeness (QED) is 0.271. The number of halogens is 1. The Balaban J connectivity index is 1.17. The summed E-state index contributed by atoms with van der Waals surface area (Å²) in [5.41, 5.74) is 1.52. The van der Waals surface area contributed by atoms with Crippen LogP contribution in [0.5, 0.6) is 11.6 Å². The summed E-state index contributed by atoms with van der Waals surface area (Å²) in [5, 5.41) is 7.88. The first-order valence-electron chi connectivity index (χ1n) is 14.4. The van der Waals surface area contributed by atoms with Gasteiger partial charge in [0.1, 0.15) is 11.6 Å². The van der Waals surface area contributed by atoms with E-state index < -0.39 is 11.7 Å². The Morgan fingerprint density at radius 1 is 1.07 bits per heavy atom. The van der Waals surface area contributed by atoms with Crippen molar-refractivity contribution in [2.75, 3.05) is 62.0 Å². The average molecular weight is 571 g/mol. The maximum Gasteiger partial charge on any atom is 0.255 e. The van der Waals surface area contributed by atoms with E-state index in [9.17, 15) is 9.18 Å². The summed E-state index contributed by atoms with van der Waals surface area (Å²) >= 11 is 0. The smallest absolute Gasteiger partial charge is 0.255 e. The zero-order chi connectivity index (χ0) is 28.9. The van der Waals surface area contributed by atoms with Gasteiger partial charge in [-0.3, -0.25) is 4.79 Å². The van der Waals surface area contributed by atoms with Gasteiger partial charge >= 0.3 is 0 Å². The van der Waals surface area contributed by atoms with Crippen molar-refractivity contribution >= 4 is 34.0 Å². The van der Waals surface area contributed by atoms with Crippen LogP contribution < -0.4 is 20.3 Å². The largest absolute Gasteiger partial charge is 0.438 e. The number of ether oxygens (including phenoxy) is 2. The Kier molecular flexibility index (Phi) is 8.43. The van der Waals surface area contributed by atoms with Crippen LogP contribution >= 0.6 is 0 Å². The van der Waals surface area contributed by atoms with E-state index >= 15 is 0 Å². The SMILES string of the molecule is CN1CCCC1CCNc1nccc(Oc2ccc(NC(=O)c3cc(F)cc(N4CCOCC4)c3)c3ccccc23)n1. The number of nitrogens with zero attached hydrogens (tertiary/aromatic N) is 4. The Morgan fingerprint density at radius 2 is 1.90 bits per heavy atom.